The van der Waals surface area contributed by atoms with Crippen LogP contribution in [0.25, 0.3) is 0 Å². The highest BCUT2D eigenvalue weighted by Crippen LogP contribution is 2.12. The van der Waals surface area contributed by atoms with Crippen LogP contribution in [-0.4, -0.2) is 21.2 Å². The van der Waals surface area contributed by atoms with Gasteiger partial charge in [-0.2, -0.15) is 0 Å². The first-order chi connectivity index (χ1) is 8.33. The van der Waals surface area contributed by atoms with Gasteiger partial charge >= 0.3 is 7.05 Å². The Morgan fingerprint density at radius 2 is 1.41 bits per heavy atom. The average Bonchev–Trinajstić information content (AvgIpc) is 2.42. The Balaban J connectivity index is 2.25. The minimum absolute atomic E-state index is 0.0569. The van der Waals surface area contributed by atoms with Crippen molar-refractivity contribution in [1.82, 2.24) is 0 Å². The van der Waals surface area contributed by atoms with E-state index >= 15 is 0 Å². The summed E-state index contributed by atoms with van der Waals surface area (Å²) in [6, 6.07) is 20.5. The molecule has 0 aliphatic heterocycles. The Morgan fingerprint density at radius 1 is 0.882 bits per heavy atom. The van der Waals surface area contributed by atoms with E-state index in [1.165, 1.54) is 0 Å². The predicted octanol–water partition coefficient (Wildman–Crippen LogP) is 2.16. The molecule has 0 amide bonds. The first-order valence-corrected chi connectivity index (χ1v) is 5.68. The summed E-state index contributed by atoms with van der Waals surface area (Å²) in [6.07, 6.45) is 0. The van der Waals surface area contributed by atoms with Crippen LogP contribution in [0.15, 0.2) is 60.7 Å². The number of rotatable bonds is 4. The van der Waals surface area contributed by atoms with Crippen LogP contribution >= 0.6 is 0 Å². The molecule has 0 atom stereocenters. The van der Waals surface area contributed by atoms with E-state index < -0.39 is 0 Å². The van der Waals surface area contributed by atoms with Gasteiger partial charge < -0.3 is 9.47 Å². The third kappa shape index (κ3) is 2.69. The first kappa shape index (κ1) is 11.7. The molecule has 0 fully saturated rings. The van der Waals surface area contributed by atoms with Gasteiger partial charge in [-0.3, -0.25) is 0 Å². The first-order valence-electron chi connectivity index (χ1n) is 5.68. The maximum atomic E-state index is 5.58. The zero-order chi connectivity index (χ0) is 12.1. The molecule has 0 saturated carbocycles. The highest BCUT2D eigenvalue weighted by Gasteiger charge is 2.23. The highest BCUT2D eigenvalue weighted by molar-refractivity contribution is 6.70. The Morgan fingerprint density at radius 3 is 1.94 bits per heavy atom. The molecular weight excluding hydrogens is 209 g/mol. The maximum absolute atomic E-state index is 5.58. The minimum atomic E-state index is -0.0569. The molecule has 0 radical (unpaired) electrons. The highest BCUT2D eigenvalue weighted by atomic mass is 16.4. The van der Waals surface area contributed by atoms with E-state index in [4.69, 9.17) is 4.65 Å². The molecule has 0 spiro atoms. The van der Waals surface area contributed by atoms with Crippen LogP contribution < -0.4 is 10.3 Å². The zero-order valence-electron chi connectivity index (χ0n) is 10.2. The SMILES string of the molecule is COB(c1ccccc1)N(C)c1ccccc1. The van der Waals surface area contributed by atoms with Crippen molar-refractivity contribution >= 4 is 18.2 Å². The van der Waals surface area contributed by atoms with Gasteiger partial charge in [0, 0.05) is 12.8 Å². The molecular formula is C14H16BNO. The molecule has 0 unspecified atom stereocenters. The van der Waals surface area contributed by atoms with Gasteiger partial charge in [0.15, 0.2) is 0 Å². The molecule has 0 saturated heterocycles. The molecule has 3 heteroatoms. The second-order valence-electron chi connectivity index (χ2n) is 3.95. The lowest BCUT2D eigenvalue weighted by atomic mass is 9.71. The van der Waals surface area contributed by atoms with E-state index in [-0.39, 0.29) is 7.05 Å². The van der Waals surface area contributed by atoms with E-state index in [0.717, 1.165) is 11.2 Å². The maximum Gasteiger partial charge on any atom is 0.451 e. The van der Waals surface area contributed by atoms with Crippen LogP contribution in [0.3, 0.4) is 0 Å². The molecule has 0 aliphatic carbocycles. The number of anilines is 1. The summed E-state index contributed by atoms with van der Waals surface area (Å²) in [5.74, 6) is 0. The van der Waals surface area contributed by atoms with Gasteiger partial charge in [-0.1, -0.05) is 48.5 Å². The van der Waals surface area contributed by atoms with Gasteiger partial charge in [-0.15, -0.1) is 0 Å². The number of para-hydroxylation sites is 1. The quantitative estimate of drug-likeness (QED) is 0.739. The molecule has 0 bridgehead atoms. The number of nitrogens with zero attached hydrogens (tertiary/aromatic N) is 1. The van der Waals surface area contributed by atoms with Gasteiger partial charge in [0.2, 0.25) is 0 Å². The van der Waals surface area contributed by atoms with Crippen molar-refractivity contribution in [3.63, 3.8) is 0 Å². The summed E-state index contributed by atoms with van der Waals surface area (Å²) < 4.78 is 5.58. The van der Waals surface area contributed by atoms with Gasteiger partial charge in [0.25, 0.3) is 0 Å². The van der Waals surface area contributed by atoms with Gasteiger partial charge in [0.05, 0.1) is 0 Å². The summed E-state index contributed by atoms with van der Waals surface area (Å²) >= 11 is 0. The Bertz CT molecular complexity index is 446. The van der Waals surface area contributed by atoms with Crippen molar-refractivity contribution in [2.24, 2.45) is 0 Å². The largest absolute Gasteiger partial charge is 0.451 e. The summed E-state index contributed by atoms with van der Waals surface area (Å²) in [4.78, 5) is 2.12. The van der Waals surface area contributed by atoms with Crippen LogP contribution in [0.5, 0.6) is 0 Å². The summed E-state index contributed by atoms with van der Waals surface area (Å²) in [5.41, 5.74) is 2.30. The van der Waals surface area contributed by atoms with Crippen LogP contribution in [0.1, 0.15) is 0 Å². The van der Waals surface area contributed by atoms with E-state index in [2.05, 4.69) is 29.1 Å². The standard InChI is InChI=1S/C14H16BNO/c1-16(14-11-7-4-8-12-14)15(17-2)13-9-5-3-6-10-13/h3-12H,1-2H3. The van der Waals surface area contributed by atoms with Crippen LogP contribution in [0, 0.1) is 0 Å². The fraction of sp³-hybridized carbons (Fsp3) is 0.143. The molecule has 0 aromatic heterocycles. The molecule has 0 N–H and O–H groups in total. The molecule has 2 aromatic rings. The van der Waals surface area contributed by atoms with Crippen molar-refractivity contribution in [2.45, 2.75) is 0 Å². The van der Waals surface area contributed by atoms with Gasteiger partial charge in [0.1, 0.15) is 0 Å². The number of hydrogen-bond donors (Lipinski definition) is 0. The molecule has 86 valence electrons. The van der Waals surface area contributed by atoms with Crippen molar-refractivity contribution < 1.29 is 4.65 Å². The molecule has 0 heterocycles. The van der Waals surface area contributed by atoms with E-state index in [1.807, 2.05) is 43.4 Å². The van der Waals surface area contributed by atoms with Gasteiger partial charge in [-0.05, 0) is 24.6 Å². The zero-order valence-corrected chi connectivity index (χ0v) is 10.2. The molecule has 17 heavy (non-hydrogen) atoms. The smallest absolute Gasteiger partial charge is 0.416 e. The molecule has 0 aliphatic rings. The van der Waals surface area contributed by atoms with E-state index in [9.17, 15) is 0 Å². The van der Waals surface area contributed by atoms with E-state index in [0.29, 0.717) is 0 Å². The normalized spacial score (nSPS) is 10.0. The lowest BCUT2D eigenvalue weighted by molar-refractivity contribution is 0.428. The van der Waals surface area contributed by atoms with Crippen LogP contribution in [0.2, 0.25) is 0 Å². The second kappa shape index (κ2) is 5.55. The van der Waals surface area contributed by atoms with Crippen LogP contribution in [-0.2, 0) is 4.65 Å². The monoisotopic (exact) mass is 225 g/mol. The summed E-state index contributed by atoms with van der Waals surface area (Å²) in [7, 11) is 3.71. The lowest BCUT2D eigenvalue weighted by Crippen LogP contribution is -2.48. The topological polar surface area (TPSA) is 12.5 Å². The van der Waals surface area contributed by atoms with Crippen LogP contribution in [0.4, 0.5) is 5.69 Å². The number of benzene rings is 2. The van der Waals surface area contributed by atoms with Crippen molar-refractivity contribution in [2.75, 3.05) is 19.0 Å². The lowest BCUT2D eigenvalue weighted by Gasteiger charge is -2.25. The summed E-state index contributed by atoms with van der Waals surface area (Å²) in [5, 5.41) is 0. The molecule has 2 nitrogen and oxygen atoms in total. The fourth-order valence-electron chi connectivity index (χ4n) is 1.93. The molecule has 2 rings (SSSR count). The van der Waals surface area contributed by atoms with Crippen molar-refractivity contribution in [3.8, 4) is 0 Å². The van der Waals surface area contributed by atoms with Gasteiger partial charge in [-0.25, -0.2) is 0 Å². The Hall–Kier alpha value is -1.74. The second-order valence-corrected chi connectivity index (χ2v) is 3.95. The third-order valence-corrected chi connectivity index (χ3v) is 2.82. The Kier molecular flexibility index (Phi) is 3.83. The van der Waals surface area contributed by atoms with Crippen molar-refractivity contribution in [3.05, 3.63) is 60.7 Å². The molecule has 2 aromatic carbocycles. The fourth-order valence-corrected chi connectivity index (χ4v) is 1.93. The average molecular weight is 225 g/mol. The van der Waals surface area contributed by atoms with E-state index in [1.54, 1.807) is 7.11 Å². The van der Waals surface area contributed by atoms with Crippen molar-refractivity contribution in [1.29, 1.82) is 0 Å². The Labute approximate surface area is 103 Å². The predicted molar refractivity (Wildman–Crippen MR) is 73.7 cm³/mol. The number of hydrogen-bond acceptors (Lipinski definition) is 2. The summed E-state index contributed by atoms with van der Waals surface area (Å²) in [6.45, 7) is 0. The minimum Gasteiger partial charge on any atom is -0.416 e. The third-order valence-electron chi connectivity index (χ3n) is 2.82.